The molecule has 0 heterocycles. The van der Waals surface area contributed by atoms with Crippen LogP contribution in [0.5, 0.6) is 0 Å². The minimum atomic E-state index is -0.661. The van der Waals surface area contributed by atoms with E-state index in [0.717, 1.165) is 32.2 Å². The molecule has 0 aromatic carbocycles. The van der Waals surface area contributed by atoms with Crippen LogP contribution in [0.25, 0.3) is 0 Å². The van der Waals surface area contributed by atoms with Crippen LogP contribution in [-0.2, 0) is 4.79 Å². The van der Waals surface area contributed by atoms with Crippen molar-refractivity contribution in [1.82, 2.24) is 4.90 Å². The Morgan fingerprint density at radius 3 is 2.41 bits per heavy atom. The van der Waals surface area contributed by atoms with Gasteiger partial charge >= 0.3 is 0 Å². The van der Waals surface area contributed by atoms with Crippen molar-refractivity contribution in [3.63, 3.8) is 0 Å². The van der Waals surface area contributed by atoms with Gasteiger partial charge in [0.05, 0.1) is 10.4 Å². The molecule has 17 heavy (non-hydrogen) atoms. The van der Waals surface area contributed by atoms with Crippen LogP contribution in [0.3, 0.4) is 0 Å². The average Bonchev–Trinajstić information content (AvgIpc) is 3.12. The van der Waals surface area contributed by atoms with Crippen molar-refractivity contribution in [3.05, 3.63) is 0 Å². The van der Waals surface area contributed by atoms with E-state index in [2.05, 4.69) is 6.92 Å². The van der Waals surface area contributed by atoms with Crippen LogP contribution < -0.4 is 5.73 Å². The van der Waals surface area contributed by atoms with Gasteiger partial charge in [0.1, 0.15) is 0 Å². The zero-order chi connectivity index (χ0) is 13.1. The molecule has 0 aromatic rings. The summed E-state index contributed by atoms with van der Waals surface area (Å²) in [4.78, 5) is 14.9. The summed E-state index contributed by atoms with van der Waals surface area (Å²) < 4.78 is 0. The second-order valence-electron chi connectivity index (χ2n) is 5.13. The number of thiocarbonyl (C=S) groups is 1. The molecule has 4 heteroatoms. The first-order valence-electron chi connectivity index (χ1n) is 6.58. The number of amides is 1. The quantitative estimate of drug-likeness (QED) is 0.712. The van der Waals surface area contributed by atoms with Crippen molar-refractivity contribution in [2.24, 2.45) is 11.1 Å². The van der Waals surface area contributed by atoms with Crippen LogP contribution in [0, 0.1) is 5.41 Å². The van der Waals surface area contributed by atoms with E-state index >= 15 is 0 Å². The fourth-order valence-corrected chi connectivity index (χ4v) is 2.14. The predicted molar refractivity (Wildman–Crippen MR) is 74.8 cm³/mol. The number of unbranched alkanes of at least 4 members (excludes halogenated alkanes) is 1. The minimum Gasteiger partial charge on any atom is -0.392 e. The van der Waals surface area contributed by atoms with Crippen LogP contribution in [0.15, 0.2) is 0 Å². The molecule has 2 N–H and O–H groups in total. The summed E-state index contributed by atoms with van der Waals surface area (Å²) in [5.41, 5.74) is 5.09. The summed E-state index contributed by atoms with van der Waals surface area (Å²) in [6, 6.07) is 0.439. The van der Waals surface area contributed by atoms with Crippen molar-refractivity contribution < 1.29 is 4.79 Å². The molecule has 1 saturated carbocycles. The third kappa shape index (κ3) is 3.18. The van der Waals surface area contributed by atoms with Gasteiger partial charge in [0, 0.05) is 12.6 Å². The molecule has 1 atom stereocenters. The van der Waals surface area contributed by atoms with Crippen LogP contribution in [0.4, 0.5) is 0 Å². The highest BCUT2D eigenvalue weighted by molar-refractivity contribution is 7.80. The summed E-state index contributed by atoms with van der Waals surface area (Å²) in [7, 11) is 0. The molecule has 1 unspecified atom stereocenters. The number of nitrogens with zero attached hydrogens (tertiary/aromatic N) is 1. The molecule has 98 valence electrons. The summed E-state index contributed by atoms with van der Waals surface area (Å²) in [6.45, 7) is 6.83. The molecule has 1 fully saturated rings. The lowest BCUT2D eigenvalue weighted by atomic mass is 9.85. The van der Waals surface area contributed by atoms with E-state index < -0.39 is 5.41 Å². The Morgan fingerprint density at radius 2 is 2.06 bits per heavy atom. The van der Waals surface area contributed by atoms with Crippen molar-refractivity contribution >= 4 is 23.1 Å². The maximum absolute atomic E-state index is 12.6. The van der Waals surface area contributed by atoms with Gasteiger partial charge in [0.15, 0.2) is 0 Å². The lowest BCUT2D eigenvalue weighted by Gasteiger charge is -2.33. The fraction of sp³-hybridized carbons (Fsp3) is 0.846. The van der Waals surface area contributed by atoms with Crippen LogP contribution in [-0.4, -0.2) is 28.4 Å². The number of hydrogen-bond donors (Lipinski definition) is 1. The van der Waals surface area contributed by atoms with Gasteiger partial charge in [0.25, 0.3) is 0 Å². The van der Waals surface area contributed by atoms with E-state index in [9.17, 15) is 4.79 Å². The minimum absolute atomic E-state index is 0.128. The van der Waals surface area contributed by atoms with Gasteiger partial charge in [-0.25, -0.2) is 0 Å². The highest BCUT2D eigenvalue weighted by Gasteiger charge is 2.42. The Morgan fingerprint density at radius 1 is 1.47 bits per heavy atom. The van der Waals surface area contributed by atoms with Gasteiger partial charge in [-0.1, -0.05) is 32.5 Å². The maximum atomic E-state index is 12.6. The van der Waals surface area contributed by atoms with E-state index in [0.29, 0.717) is 17.5 Å². The van der Waals surface area contributed by atoms with Gasteiger partial charge in [-0.15, -0.1) is 0 Å². The van der Waals surface area contributed by atoms with E-state index in [-0.39, 0.29) is 5.91 Å². The fourth-order valence-electron chi connectivity index (χ4n) is 1.91. The zero-order valence-corrected chi connectivity index (χ0v) is 12.0. The van der Waals surface area contributed by atoms with Gasteiger partial charge in [-0.2, -0.15) is 0 Å². The molecule has 0 aromatic heterocycles. The monoisotopic (exact) mass is 256 g/mol. The Hall–Kier alpha value is -0.640. The van der Waals surface area contributed by atoms with Crippen molar-refractivity contribution in [1.29, 1.82) is 0 Å². The zero-order valence-electron chi connectivity index (χ0n) is 11.2. The lowest BCUT2D eigenvalue weighted by Crippen LogP contribution is -2.49. The largest absolute Gasteiger partial charge is 0.392 e. The van der Waals surface area contributed by atoms with Crippen LogP contribution in [0.2, 0.25) is 0 Å². The highest BCUT2D eigenvalue weighted by Crippen LogP contribution is 2.33. The van der Waals surface area contributed by atoms with Crippen LogP contribution >= 0.6 is 12.2 Å². The molecule has 1 rings (SSSR count). The van der Waals surface area contributed by atoms with E-state index in [1.54, 1.807) is 0 Å². The number of nitrogens with two attached hydrogens (primary N) is 1. The van der Waals surface area contributed by atoms with Gasteiger partial charge in [0.2, 0.25) is 5.91 Å². The molecular formula is C13H24N2OS. The molecule has 0 aliphatic heterocycles. The number of carbonyl (C=O) groups excluding carboxylic acids is 1. The first-order valence-corrected chi connectivity index (χ1v) is 6.99. The van der Waals surface area contributed by atoms with Crippen molar-refractivity contribution in [3.8, 4) is 0 Å². The van der Waals surface area contributed by atoms with Gasteiger partial charge in [-0.05, 0) is 32.6 Å². The van der Waals surface area contributed by atoms with E-state index in [4.69, 9.17) is 18.0 Å². The SMILES string of the molecule is CCCCN(C(=O)C(C)(CC)C(N)=S)C1CC1. The first kappa shape index (κ1) is 14.4. The van der Waals surface area contributed by atoms with Crippen LogP contribution in [0.1, 0.15) is 52.9 Å². The molecule has 3 nitrogen and oxygen atoms in total. The molecular weight excluding hydrogens is 232 g/mol. The second-order valence-corrected chi connectivity index (χ2v) is 5.57. The number of rotatable bonds is 7. The van der Waals surface area contributed by atoms with Gasteiger partial charge < -0.3 is 10.6 Å². The summed E-state index contributed by atoms with van der Waals surface area (Å²) >= 11 is 5.07. The smallest absolute Gasteiger partial charge is 0.235 e. The third-order valence-electron chi connectivity index (χ3n) is 3.72. The average molecular weight is 256 g/mol. The van der Waals surface area contributed by atoms with Gasteiger partial charge in [-0.3, -0.25) is 4.79 Å². The Kier molecular flexibility index (Phi) is 4.92. The maximum Gasteiger partial charge on any atom is 0.235 e. The second kappa shape index (κ2) is 5.80. The summed E-state index contributed by atoms with van der Waals surface area (Å²) in [5.74, 6) is 0.128. The Labute approximate surface area is 110 Å². The molecule has 1 aliphatic rings. The Balaban J connectivity index is 2.78. The van der Waals surface area contributed by atoms with Crippen molar-refractivity contribution in [2.45, 2.75) is 58.9 Å². The molecule has 1 aliphatic carbocycles. The molecule has 0 radical (unpaired) electrons. The molecule has 0 saturated heterocycles. The standard InChI is InChI=1S/C13H24N2OS/c1-4-6-9-15(10-7-8-10)12(16)13(3,5-2)11(14)17/h10H,4-9H2,1-3H3,(H2,14,17). The topological polar surface area (TPSA) is 46.3 Å². The summed E-state index contributed by atoms with van der Waals surface area (Å²) in [5, 5.41) is 0. The number of hydrogen-bond acceptors (Lipinski definition) is 2. The number of carbonyl (C=O) groups is 1. The molecule has 1 amide bonds. The highest BCUT2D eigenvalue weighted by atomic mass is 32.1. The van der Waals surface area contributed by atoms with Crippen molar-refractivity contribution in [2.75, 3.05) is 6.54 Å². The normalized spacial score (nSPS) is 18.5. The molecule has 0 spiro atoms. The lowest BCUT2D eigenvalue weighted by molar-refractivity contribution is -0.138. The summed E-state index contributed by atoms with van der Waals surface area (Å²) in [6.07, 6.45) is 5.10. The van der Waals surface area contributed by atoms with E-state index in [1.807, 2.05) is 18.7 Å². The first-order chi connectivity index (χ1) is 7.97. The predicted octanol–water partition coefficient (Wildman–Crippen LogP) is 2.48. The Bertz CT molecular complexity index is 302. The third-order valence-corrected chi connectivity index (χ3v) is 4.17. The van der Waals surface area contributed by atoms with E-state index in [1.165, 1.54) is 0 Å². The molecule has 0 bridgehead atoms.